The van der Waals surface area contributed by atoms with Crippen LogP contribution in [-0.2, 0) is 7.05 Å². The Morgan fingerprint density at radius 3 is 2.83 bits per heavy atom. The molecule has 0 aliphatic carbocycles. The minimum absolute atomic E-state index is 0.636. The van der Waals surface area contributed by atoms with Crippen LogP contribution in [0.25, 0.3) is 56.1 Å². The van der Waals surface area contributed by atoms with E-state index in [0.29, 0.717) is 11.5 Å². The van der Waals surface area contributed by atoms with Gasteiger partial charge in [0.25, 0.3) is 0 Å². The Bertz CT molecular complexity index is 1470. The van der Waals surface area contributed by atoms with Gasteiger partial charge in [0, 0.05) is 30.6 Å². The topological polar surface area (TPSA) is 101 Å². The molecule has 8 nitrogen and oxygen atoms in total. The van der Waals surface area contributed by atoms with E-state index in [-0.39, 0.29) is 0 Å². The Hall–Kier alpha value is -3.85. The molecule has 0 unspecified atom stereocenters. The van der Waals surface area contributed by atoms with Crippen LogP contribution in [0, 0.1) is 0 Å². The van der Waals surface area contributed by atoms with Crippen molar-refractivity contribution in [3.05, 3.63) is 53.6 Å². The van der Waals surface area contributed by atoms with E-state index >= 15 is 0 Å². The van der Waals surface area contributed by atoms with Crippen LogP contribution in [0.2, 0.25) is 0 Å². The van der Waals surface area contributed by atoms with E-state index in [1.807, 2.05) is 31.4 Å². The van der Waals surface area contributed by atoms with Crippen molar-refractivity contribution in [1.29, 1.82) is 0 Å². The number of rotatable bonds is 3. The molecule has 0 amide bonds. The second kappa shape index (κ2) is 6.08. The van der Waals surface area contributed by atoms with Crippen LogP contribution in [0.15, 0.2) is 53.6 Å². The minimum atomic E-state index is 0.636. The lowest BCUT2D eigenvalue weighted by atomic mass is 10.1. The molecule has 0 spiro atoms. The summed E-state index contributed by atoms with van der Waals surface area (Å²) in [6.45, 7) is 0. The zero-order chi connectivity index (χ0) is 19.4. The fourth-order valence-corrected chi connectivity index (χ4v) is 4.11. The number of imidazole rings is 1. The molecule has 0 fully saturated rings. The van der Waals surface area contributed by atoms with Gasteiger partial charge in [-0.3, -0.25) is 9.78 Å². The lowest BCUT2D eigenvalue weighted by Crippen LogP contribution is -1.87. The second-order valence-corrected chi connectivity index (χ2v) is 7.50. The summed E-state index contributed by atoms with van der Waals surface area (Å²) < 4.78 is 1.76. The molecule has 0 aromatic carbocycles. The Morgan fingerprint density at radius 2 is 2.00 bits per heavy atom. The first kappa shape index (κ1) is 16.1. The zero-order valence-corrected chi connectivity index (χ0v) is 16.1. The normalized spacial score (nSPS) is 11.6. The summed E-state index contributed by atoms with van der Waals surface area (Å²) in [6.07, 6.45) is 5.52. The number of pyridine rings is 2. The molecule has 2 N–H and O–H groups in total. The Balaban J connectivity index is 1.53. The van der Waals surface area contributed by atoms with Crippen molar-refractivity contribution < 1.29 is 0 Å². The maximum atomic E-state index is 4.82. The van der Waals surface area contributed by atoms with Gasteiger partial charge in [-0.05, 0) is 40.6 Å². The van der Waals surface area contributed by atoms with Gasteiger partial charge in [0.15, 0.2) is 17.2 Å². The highest BCUT2D eigenvalue weighted by atomic mass is 32.1. The summed E-state index contributed by atoms with van der Waals surface area (Å²) in [4.78, 5) is 17.4. The lowest BCUT2D eigenvalue weighted by molar-refractivity contribution is 0.768. The quantitative estimate of drug-likeness (QED) is 0.469. The molecule has 0 saturated heterocycles. The van der Waals surface area contributed by atoms with E-state index in [1.54, 1.807) is 28.4 Å². The van der Waals surface area contributed by atoms with Crippen molar-refractivity contribution in [3.63, 3.8) is 0 Å². The molecule has 6 rings (SSSR count). The molecule has 0 atom stereocenters. The fourth-order valence-electron chi connectivity index (χ4n) is 3.45. The molecule has 0 radical (unpaired) electrons. The summed E-state index contributed by atoms with van der Waals surface area (Å²) in [5.41, 5.74) is 7.77. The van der Waals surface area contributed by atoms with E-state index in [9.17, 15) is 0 Å². The van der Waals surface area contributed by atoms with Crippen molar-refractivity contribution in [2.75, 3.05) is 0 Å². The van der Waals surface area contributed by atoms with Gasteiger partial charge in [-0.25, -0.2) is 15.0 Å². The van der Waals surface area contributed by atoms with E-state index < -0.39 is 0 Å². The van der Waals surface area contributed by atoms with Gasteiger partial charge in [0.05, 0.1) is 17.4 Å². The number of aromatic amines is 2. The highest BCUT2D eigenvalue weighted by Gasteiger charge is 2.17. The smallest absolute Gasteiger partial charge is 0.162 e. The van der Waals surface area contributed by atoms with Crippen molar-refractivity contribution in [2.24, 2.45) is 7.05 Å². The first-order chi connectivity index (χ1) is 14.3. The van der Waals surface area contributed by atoms with Crippen molar-refractivity contribution >= 4 is 33.5 Å². The average Bonchev–Trinajstić information content (AvgIpc) is 3.51. The van der Waals surface area contributed by atoms with Gasteiger partial charge in [0.2, 0.25) is 0 Å². The molecule has 0 aliphatic rings. The average molecular weight is 398 g/mol. The monoisotopic (exact) mass is 398 g/mol. The molecule has 0 bridgehead atoms. The summed E-state index contributed by atoms with van der Waals surface area (Å²) in [7, 11) is 1.89. The van der Waals surface area contributed by atoms with Gasteiger partial charge >= 0.3 is 0 Å². The van der Waals surface area contributed by atoms with E-state index in [4.69, 9.17) is 9.97 Å². The highest BCUT2D eigenvalue weighted by Crippen LogP contribution is 2.31. The molecule has 6 heterocycles. The van der Waals surface area contributed by atoms with Crippen LogP contribution < -0.4 is 0 Å². The van der Waals surface area contributed by atoms with E-state index in [2.05, 4.69) is 42.1 Å². The summed E-state index contributed by atoms with van der Waals surface area (Å²) in [5.74, 6) is 0.636. The highest BCUT2D eigenvalue weighted by molar-refractivity contribution is 7.08. The molecule has 0 aliphatic heterocycles. The number of thiophene rings is 1. The standard InChI is InChI=1S/C20H14N8S/c1-28-9-12(8-22-28)14-2-3-15-17(23-14)18(27-26-15)20-24-16-13(11-5-7-29-10-11)4-6-21-19(16)25-20/h2-10H,1H3,(H,26,27)(H,21,24,25). The zero-order valence-electron chi connectivity index (χ0n) is 15.3. The lowest BCUT2D eigenvalue weighted by Gasteiger charge is -1.98. The minimum Gasteiger partial charge on any atom is -0.321 e. The number of fused-ring (bicyclic) bond motifs is 2. The molecule has 9 heteroatoms. The molecule has 140 valence electrons. The number of nitrogens with zero attached hydrogens (tertiary/aromatic N) is 6. The molecule has 6 aromatic heterocycles. The maximum Gasteiger partial charge on any atom is 0.162 e. The Morgan fingerprint density at radius 1 is 1.03 bits per heavy atom. The van der Waals surface area contributed by atoms with Crippen molar-refractivity contribution in [2.45, 2.75) is 0 Å². The maximum absolute atomic E-state index is 4.82. The molecule has 6 aromatic rings. The van der Waals surface area contributed by atoms with Gasteiger partial charge in [-0.1, -0.05) is 0 Å². The third-order valence-corrected chi connectivity index (χ3v) is 5.53. The number of H-pyrrole nitrogens is 2. The van der Waals surface area contributed by atoms with Crippen molar-refractivity contribution in [3.8, 4) is 33.9 Å². The SMILES string of the molecule is Cn1cc(-c2ccc3[nH]nc(-c4nc5c(-c6ccsc6)ccnc5[nH]4)c3n2)cn1. The third kappa shape index (κ3) is 2.55. The number of aromatic nitrogens is 8. The van der Waals surface area contributed by atoms with E-state index in [1.165, 1.54) is 0 Å². The fraction of sp³-hybridized carbons (Fsp3) is 0.0500. The summed E-state index contributed by atoms with van der Waals surface area (Å²) in [6, 6.07) is 7.99. The molecular formula is C20H14N8S. The van der Waals surface area contributed by atoms with Gasteiger partial charge in [-0.15, -0.1) is 0 Å². The van der Waals surface area contributed by atoms with Crippen LogP contribution in [0.3, 0.4) is 0 Å². The first-order valence-electron chi connectivity index (χ1n) is 8.98. The van der Waals surface area contributed by atoms with Crippen LogP contribution in [0.1, 0.15) is 0 Å². The summed E-state index contributed by atoms with van der Waals surface area (Å²) in [5, 5.41) is 15.9. The Labute approximate surface area is 168 Å². The number of hydrogen-bond donors (Lipinski definition) is 2. The predicted molar refractivity (Wildman–Crippen MR) is 112 cm³/mol. The second-order valence-electron chi connectivity index (χ2n) is 6.72. The molecular weight excluding hydrogens is 384 g/mol. The van der Waals surface area contributed by atoms with Gasteiger partial charge < -0.3 is 4.98 Å². The van der Waals surface area contributed by atoms with Crippen molar-refractivity contribution in [1.82, 2.24) is 39.9 Å². The van der Waals surface area contributed by atoms with Crippen LogP contribution in [0.4, 0.5) is 0 Å². The number of nitrogens with one attached hydrogen (secondary N) is 2. The Kier molecular flexibility index (Phi) is 3.38. The largest absolute Gasteiger partial charge is 0.321 e. The summed E-state index contributed by atoms with van der Waals surface area (Å²) >= 11 is 1.66. The molecule has 0 saturated carbocycles. The number of aryl methyl sites for hydroxylation is 1. The van der Waals surface area contributed by atoms with Crippen LogP contribution in [0.5, 0.6) is 0 Å². The van der Waals surface area contributed by atoms with Crippen LogP contribution in [-0.4, -0.2) is 39.9 Å². The van der Waals surface area contributed by atoms with Gasteiger partial charge in [-0.2, -0.15) is 21.5 Å². The number of hydrogen-bond acceptors (Lipinski definition) is 6. The van der Waals surface area contributed by atoms with Crippen LogP contribution >= 0.6 is 11.3 Å². The first-order valence-corrected chi connectivity index (χ1v) is 9.92. The predicted octanol–water partition coefficient (Wildman–Crippen LogP) is 4.03. The third-order valence-electron chi connectivity index (χ3n) is 4.85. The molecule has 29 heavy (non-hydrogen) atoms. The van der Waals surface area contributed by atoms with E-state index in [0.717, 1.165) is 44.6 Å². The van der Waals surface area contributed by atoms with Gasteiger partial charge in [0.1, 0.15) is 11.0 Å².